The molecule has 1 aromatic carbocycles. The minimum absolute atomic E-state index is 0.0118. The number of halogens is 3. The third kappa shape index (κ3) is 4.47. The molecule has 1 aromatic rings. The molecule has 1 aliphatic heterocycles. The van der Waals surface area contributed by atoms with E-state index in [9.17, 15) is 27.6 Å². The SMILES string of the molecule is COC(=O)C1=C(C)N=C(C)C(C(=O)OC)C1c1ccccc1NC(=O)C(F)(F)F. The Morgan fingerprint density at radius 1 is 1.07 bits per heavy atom. The van der Waals surface area contributed by atoms with Crippen LogP contribution in [0.2, 0.25) is 0 Å². The van der Waals surface area contributed by atoms with E-state index in [1.807, 2.05) is 0 Å². The van der Waals surface area contributed by atoms with E-state index >= 15 is 0 Å². The number of carbonyl (C=O) groups is 3. The number of esters is 2. The van der Waals surface area contributed by atoms with Crippen LogP contribution >= 0.6 is 0 Å². The predicted molar refractivity (Wildman–Crippen MR) is 97.2 cm³/mol. The van der Waals surface area contributed by atoms with Crippen LogP contribution in [0.5, 0.6) is 0 Å². The number of anilines is 1. The number of rotatable bonds is 4. The summed E-state index contributed by atoms with van der Waals surface area (Å²) in [7, 11) is 2.28. The lowest BCUT2D eigenvalue weighted by Gasteiger charge is -2.32. The Morgan fingerprint density at radius 3 is 2.24 bits per heavy atom. The number of amides is 1. The first kappa shape index (κ1) is 22.1. The first-order valence-electron chi connectivity index (χ1n) is 8.42. The van der Waals surface area contributed by atoms with Crippen molar-refractivity contribution in [3.8, 4) is 0 Å². The smallest absolute Gasteiger partial charge is 0.468 e. The summed E-state index contributed by atoms with van der Waals surface area (Å²) in [5, 5.41) is 1.80. The van der Waals surface area contributed by atoms with Gasteiger partial charge in [-0.05, 0) is 25.5 Å². The second kappa shape index (κ2) is 8.46. The molecular weight excluding hydrogens is 393 g/mol. The minimum atomic E-state index is -5.12. The predicted octanol–water partition coefficient (Wildman–Crippen LogP) is 2.98. The number of nitrogens with one attached hydrogen (secondary N) is 1. The van der Waals surface area contributed by atoms with Gasteiger partial charge < -0.3 is 14.8 Å². The molecule has 2 atom stereocenters. The van der Waals surface area contributed by atoms with E-state index in [0.717, 1.165) is 14.2 Å². The summed E-state index contributed by atoms with van der Waals surface area (Å²) in [6.45, 7) is 3.07. The van der Waals surface area contributed by atoms with Crippen LogP contribution in [-0.2, 0) is 23.9 Å². The van der Waals surface area contributed by atoms with Crippen molar-refractivity contribution in [1.82, 2.24) is 0 Å². The lowest BCUT2D eigenvalue weighted by atomic mass is 9.75. The summed E-state index contributed by atoms with van der Waals surface area (Å²) < 4.78 is 47.9. The number of hydrogen-bond donors (Lipinski definition) is 1. The van der Waals surface area contributed by atoms with E-state index in [1.54, 1.807) is 12.2 Å². The Bertz CT molecular complexity index is 905. The summed E-state index contributed by atoms with van der Waals surface area (Å²) in [5.41, 5.74) is 0.467. The van der Waals surface area contributed by atoms with Gasteiger partial charge in [0, 0.05) is 23.0 Å². The van der Waals surface area contributed by atoms with Crippen molar-refractivity contribution in [2.75, 3.05) is 19.5 Å². The maximum absolute atomic E-state index is 12.8. The number of aliphatic imine (C=N–C) groups is 1. The molecule has 0 spiro atoms. The molecule has 10 heteroatoms. The van der Waals surface area contributed by atoms with Gasteiger partial charge in [0.1, 0.15) is 5.92 Å². The Morgan fingerprint density at radius 2 is 1.69 bits per heavy atom. The fourth-order valence-corrected chi connectivity index (χ4v) is 3.26. The maximum atomic E-state index is 12.8. The molecule has 1 amide bonds. The number of nitrogens with zero attached hydrogens (tertiary/aromatic N) is 1. The van der Waals surface area contributed by atoms with E-state index in [0.29, 0.717) is 5.71 Å². The normalized spacial score (nSPS) is 19.3. The fourth-order valence-electron chi connectivity index (χ4n) is 3.26. The van der Waals surface area contributed by atoms with Gasteiger partial charge in [-0.15, -0.1) is 0 Å². The van der Waals surface area contributed by atoms with Gasteiger partial charge in [0.05, 0.1) is 19.8 Å². The zero-order valence-corrected chi connectivity index (χ0v) is 16.1. The van der Waals surface area contributed by atoms with Gasteiger partial charge in [-0.3, -0.25) is 14.6 Å². The highest BCUT2D eigenvalue weighted by Gasteiger charge is 2.44. The van der Waals surface area contributed by atoms with Gasteiger partial charge in [-0.1, -0.05) is 18.2 Å². The number of allylic oxidation sites excluding steroid dienone is 1. The van der Waals surface area contributed by atoms with Crippen LogP contribution in [0.15, 0.2) is 40.5 Å². The standard InChI is InChI=1S/C19H19F3N2O5/c1-9-13(16(25)28-3)15(14(10(2)23-9)17(26)29-4)11-7-5-6-8-12(11)24-18(27)19(20,21)22/h5-8,13,15H,1-4H3,(H,24,27). The maximum Gasteiger partial charge on any atom is 0.471 e. The van der Waals surface area contributed by atoms with Crippen molar-refractivity contribution < 1.29 is 37.0 Å². The van der Waals surface area contributed by atoms with E-state index in [-0.39, 0.29) is 22.5 Å². The topological polar surface area (TPSA) is 94.1 Å². The largest absolute Gasteiger partial charge is 0.471 e. The fraction of sp³-hybridized carbons (Fsp3) is 0.368. The first-order valence-corrected chi connectivity index (χ1v) is 8.42. The summed E-state index contributed by atoms with van der Waals surface area (Å²) in [5.74, 6) is -5.88. The Kier molecular flexibility index (Phi) is 6.45. The van der Waals surface area contributed by atoms with Gasteiger partial charge >= 0.3 is 24.0 Å². The molecule has 29 heavy (non-hydrogen) atoms. The Balaban J connectivity index is 2.70. The third-order valence-electron chi connectivity index (χ3n) is 4.49. The van der Waals surface area contributed by atoms with Gasteiger partial charge in [0.15, 0.2) is 0 Å². The molecule has 0 radical (unpaired) electrons. The summed E-state index contributed by atoms with van der Waals surface area (Å²) in [4.78, 5) is 40.6. The average Bonchev–Trinajstić information content (AvgIpc) is 2.66. The van der Waals surface area contributed by atoms with Crippen molar-refractivity contribution in [2.24, 2.45) is 10.9 Å². The van der Waals surface area contributed by atoms with Crippen molar-refractivity contribution in [2.45, 2.75) is 25.9 Å². The zero-order chi connectivity index (χ0) is 21.9. The Hall–Kier alpha value is -3.17. The molecule has 1 aliphatic rings. The van der Waals surface area contributed by atoms with E-state index in [2.05, 4.69) is 4.99 Å². The molecule has 7 nitrogen and oxygen atoms in total. The molecule has 156 valence electrons. The van der Waals surface area contributed by atoms with Crippen LogP contribution in [0.1, 0.15) is 25.3 Å². The molecule has 1 heterocycles. The van der Waals surface area contributed by atoms with Crippen LogP contribution in [0.3, 0.4) is 0 Å². The highest BCUT2D eigenvalue weighted by atomic mass is 19.4. The first-order chi connectivity index (χ1) is 13.5. The molecule has 0 aromatic heterocycles. The lowest BCUT2D eigenvalue weighted by molar-refractivity contribution is -0.167. The van der Waals surface area contributed by atoms with Crippen molar-refractivity contribution in [3.63, 3.8) is 0 Å². The van der Waals surface area contributed by atoms with E-state index in [1.165, 1.54) is 31.2 Å². The Labute approximate surface area is 164 Å². The number of benzene rings is 1. The molecular formula is C19H19F3N2O5. The van der Waals surface area contributed by atoms with Crippen molar-refractivity contribution in [3.05, 3.63) is 41.1 Å². The number of methoxy groups -OCH3 is 2. The molecule has 0 fully saturated rings. The van der Waals surface area contributed by atoms with Crippen LogP contribution in [0.4, 0.5) is 18.9 Å². The summed E-state index contributed by atoms with van der Waals surface area (Å²) in [6.07, 6.45) is -5.12. The quantitative estimate of drug-likeness (QED) is 0.768. The highest BCUT2D eigenvalue weighted by Crippen LogP contribution is 2.42. The molecule has 0 saturated heterocycles. The van der Waals surface area contributed by atoms with Crippen LogP contribution in [0.25, 0.3) is 0 Å². The molecule has 1 N–H and O–H groups in total. The summed E-state index contributed by atoms with van der Waals surface area (Å²) in [6, 6.07) is 5.60. The van der Waals surface area contributed by atoms with Crippen LogP contribution in [-0.4, -0.2) is 44.0 Å². The summed E-state index contributed by atoms with van der Waals surface area (Å²) >= 11 is 0. The number of hydrogen-bond acceptors (Lipinski definition) is 6. The highest BCUT2D eigenvalue weighted by molar-refractivity contribution is 6.07. The van der Waals surface area contributed by atoms with E-state index < -0.39 is 35.9 Å². The van der Waals surface area contributed by atoms with Crippen molar-refractivity contribution in [1.29, 1.82) is 0 Å². The second-order valence-corrected chi connectivity index (χ2v) is 6.26. The van der Waals surface area contributed by atoms with Gasteiger partial charge in [-0.2, -0.15) is 13.2 Å². The average molecular weight is 412 g/mol. The molecule has 0 aliphatic carbocycles. The molecule has 2 unspecified atom stereocenters. The second-order valence-electron chi connectivity index (χ2n) is 6.26. The number of carbonyl (C=O) groups excluding carboxylic acids is 3. The monoisotopic (exact) mass is 412 g/mol. The van der Waals surface area contributed by atoms with Gasteiger partial charge in [0.2, 0.25) is 0 Å². The number of alkyl halides is 3. The van der Waals surface area contributed by atoms with Gasteiger partial charge in [0.25, 0.3) is 0 Å². The number of para-hydroxylation sites is 1. The van der Waals surface area contributed by atoms with E-state index in [4.69, 9.17) is 9.47 Å². The zero-order valence-electron chi connectivity index (χ0n) is 16.1. The number of ether oxygens (including phenoxy) is 2. The third-order valence-corrected chi connectivity index (χ3v) is 4.49. The molecule has 0 bridgehead atoms. The van der Waals surface area contributed by atoms with Gasteiger partial charge in [-0.25, -0.2) is 4.79 Å². The van der Waals surface area contributed by atoms with Crippen LogP contribution < -0.4 is 5.32 Å². The molecule has 2 rings (SSSR count). The minimum Gasteiger partial charge on any atom is -0.468 e. The van der Waals surface area contributed by atoms with Crippen LogP contribution in [0, 0.1) is 5.92 Å². The van der Waals surface area contributed by atoms with Crippen molar-refractivity contribution >= 4 is 29.2 Å². The molecule has 0 saturated carbocycles. The lowest BCUT2D eigenvalue weighted by Crippen LogP contribution is -2.37.